The topological polar surface area (TPSA) is 42.1 Å². The van der Waals surface area contributed by atoms with Crippen molar-refractivity contribution >= 4 is 11.5 Å². The maximum Gasteiger partial charge on any atom is 0.123 e. The molecular weight excluding hydrogens is 186 g/mol. The average Bonchev–Trinajstić information content (AvgIpc) is 2.26. The lowest BCUT2D eigenvalue weighted by molar-refractivity contribution is 0.953. The number of nitrogens with zero attached hydrogens (tertiary/aromatic N) is 2. The maximum atomic E-state index is 5.52. The number of anilines is 2. The van der Waals surface area contributed by atoms with E-state index in [2.05, 4.69) is 24.6 Å². The number of rotatable bonds is 5. The molecule has 0 aliphatic carbocycles. The number of unbranched alkanes of at least 4 members (excludes halogenated alkanes) is 1. The van der Waals surface area contributed by atoms with Gasteiger partial charge in [-0.25, -0.2) is 4.98 Å². The lowest BCUT2D eigenvalue weighted by atomic mass is 10.3. The van der Waals surface area contributed by atoms with Crippen LogP contribution in [0.1, 0.15) is 19.8 Å². The summed E-state index contributed by atoms with van der Waals surface area (Å²) in [5.41, 5.74) is 6.48. The van der Waals surface area contributed by atoms with Crippen molar-refractivity contribution in [3.8, 4) is 0 Å². The van der Waals surface area contributed by atoms with E-state index in [1.807, 2.05) is 17.2 Å². The molecule has 0 atom stereocenters. The Labute approximate surface area is 90.9 Å². The zero-order valence-corrected chi connectivity index (χ0v) is 9.06. The van der Waals surface area contributed by atoms with Crippen LogP contribution < -0.4 is 10.6 Å². The Morgan fingerprint density at radius 2 is 2.33 bits per heavy atom. The van der Waals surface area contributed by atoms with Crippen molar-refractivity contribution in [2.75, 3.05) is 10.6 Å². The summed E-state index contributed by atoms with van der Waals surface area (Å²) >= 11 is 0. The number of aromatic nitrogens is 1. The highest BCUT2D eigenvalue weighted by atomic mass is 15.1. The van der Waals surface area contributed by atoms with Gasteiger partial charge in [-0.3, -0.25) is 0 Å². The van der Waals surface area contributed by atoms with Gasteiger partial charge in [0.05, 0.1) is 11.9 Å². The van der Waals surface area contributed by atoms with Crippen LogP contribution >= 0.6 is 0 Å². The van der Waals surface area contributed by atoms with E-state index in [4.69, 9.17) is 5.73 Å². The van der Waals surface area contributed by atoms with Crippen LogP contribution in [0.3, 0.4) is 0 Å². The van der Waals surface area contributed by atoms with E-state index in [0.29, 0.717) is 5.82 Å². The number of nitrogen functional groups attached to an aromatic ring is 1. The first-order valence-electron chi connectivity index (χ1n) is 5.07. The van der Waals surface area contributed by atoms with Crippen LogP contribution in [-0.4, -0.2) is 4.98 Å². The molecule has 0 aromatic carbocycles. The second-order valence-corrected chi connectivity index (χ2v) is 3.20. The fraction of sp³-hybridized carbons (Fsp3) is 0.250. The Hall–Kier alpha value is -1.77. The summed E-state index contributed by atoms with van der Waals surface area (Å²) < 4.78 is 0. The molecule has 1 heterocycles. The average molecular weight is 203 g/mol. The Balaban J connectivity index is 2.74. The smallest absolute Gasteiger partial charge is 0.123 e. The van der Waals surface area contributed by atoms with Gasteiger partial charge in [-0.2, -0.15) is 0 Å². The standard InChI is InChI=1S/C12H17N3/c1-3-5-6-9-15(4-2)11-7-8-12(13)14-10-11/h4,6-10H,2-3,5H2,1H3,(H2,13,14)/b9-6-. The number of pyridine rings is 1. The summed E-state index contributed by atoms with van der Waals surface area (Å²) in [7, 11) is 0. The van der Waals surface area contributed by atoms with Crippen molar-refractivity contribution in [2.24, 2.45) is 0 Å². The van der Waals surface area contributed by atoms with Crippen LogP contribution in [-0.2, 0) is 0 Å². The molecule has 3 nitrogen and oxygen atoms in total. The second-order valence-electron chi connectivity index (χ2n) is 3.20. The zero-order valence-electron chi connectivity index (χ0n) is 9.06. The van der Waals surface area contributed by atoms with Crippen molar-refractivity contribution in [3.05, 3.63) is 43.4 Å². The van der Waals surface area contributed by atoms with Gasteiger partial charge in [-0.15, -0.1) is 0 Å². The van der Waals surface area contributed by atoms with Gasteiger partial charge < -0.3 is 10.6 Å². The molecule has 0 fully saturated rings. The number of nitrogens with two attached hydrogens (primary N) is 1. The normalized spacial score (nSPS) is 10.5. The molecule has 0 saturated heterocycles. The molecule has 1 aromatic rings. The number of allylic oxidation sites excluding steroid dienone is 1. The fourth-order valence-corrected chi connectivity index (χ4v) is 1.16. The third-order valence-electron chi connectivity index (χ3n) is 1.99. The molecule has 0 saturated carbocycles. The van der Waals surface area contributed by atoms with Crippen LogP contribution in [0.2, 0.25) is 0 Å². The summed E-state index contributed by atoms with van der Waals surface area (Å²) in [5.74, 6) is 0.528. The highest BCUT2D eigenvalue weighted by molar-refractivity contribution is 5.52. The highest BCUT2D eigenvalue weighted by Crippen LogP contribution is 2.14. The van der Waals surface area contributed by atoms with Gasteiger partial charge in [-0.05, 0) is 18.6 Å². The monoisotopic (exact) mass is 203 g/mol. The molecule has 0 amide bonds. The van der Waals surface area contributed by atoms with Crippen LogP contribution in [0.4, 0.5) is 11.5 Å². The SMILES string of the molecule is C=CN(/C=C\CCC)c1ccc(N)nc1. The molecule has 15 heavy (non-hydrogen) atoms. The van der Waals surface area contributed by atoms with E-state index in [9.17, 15) is 0 Å². The largest absolute Gasteiger partial charge is 0.384 e. The summed E-state index contributed by atoms with van der Waals surface area (Å²) in [6.45, 7) is 5.90. The van der Waals surface area contributed by atoms with E-state index in [1.165, 1.54) is 0 Å². The molecule has 3 heteroatoms. The van der Waals surface area contributed by atoms with Gasteiger partial charge in [-0.1, -0.05) is 26.0 Å². The number of hydrogen-bond donors (Lipinski definition) is 1. The van der Waals surface area contributed by atoms with Crippen molar-refractivity contribution in [3.63, 3.8) is 0 Å². The Kier molecular flexibility index (Phi) is 4.41. The summed E-state index contributed by atoms with van der Waals surface area (Å²) in [4.78, 5) is 5.95. The Bertz CT molecular complexity index is 327. The quantitative estimate of drug-likeness (QED) is 0.800. The van der Waals surface area contributed by atoms with Crippen molar-refractivity contribution in [1.29, 1.82) is 0 Å². The van der Waals surface area contributed by atoms with E-state index in [0.717, 1.165) is 18.5 Å². The van der Waals surface area contributed by atoms with Crippen molar-refractivity contribution in [1.82, 2.24) is 4.98 Å². The minimum absolute atomic E-state index is 0.528. The Morgan fingerprint density at radius 3 is 2.87 bits per heavy atom. The minimum atomic E-state index is 0.528. The Morgan fingerprint density at radius 1 is 1.53 bits per heavy atom. The van der Waals surface area contributed by atoms with Gasteiger partial charge in [0.1, 0.15) is 5.82 Å². The molecule has 80 valence electrons. The third-order valence-corrected chi connectivity index (χ3v) is 1.99. The van der Waals surface area contributed by atoms with E-state index >= 15 is 0 Å². The van der Waals surface area contributed by atoms with Crippen LogP contribution in [0, 0.1) is 0 Å². The second kappa shape index (κ2) is 5.86. The zero-order chi connectivity index (χ0) is 11.1. The summed E-state index contributed by atoms with van der Waals surface area (Å²) in [5, 5.41) is 0. The molecule has 0 aliphatic rings. The predicted molar refractivity (Wildman–Crippen MR) is 65.4 cm³/mol. The molecular formula is C12H17N3. The third kappa shape index (κ3) is 3.46. The first-order chi connectivity index (χ1) is 7.27. The molecule has 0 unspecified atom stereocenters. The van der Waals surface area contributed by atoms with E-state index < -0.39 is 0 Å². The fourth-order valence-electron chi connectivity index (χ4n) is 1.16. The van der Waals surface area contributed by atoms with Crippen LogP contribution in [0.5, 0.6) is 0 Å². The number of hydrogen-bond acceptors (Lipinski definition) is 3. The lowest BCUT2D eigenvalue weighted by Crippen LogP contribution is -2.06. The molecule has 0 spiro atoms. The molecule has 0 bridgehead atoms. The van der Waals surface area contributed by atoms with Gasteiger partial charge >= 0.3 is 0 Å². The molecule has 0 radical (unpaired) electrons. The van der Waals surface area contributed by atoms with Crippen molar-refractivity contribution < 1.29 is 0 Å². The van der Waals surface area contributed by atoms with Crippen LogP contribution in [0.15, 0.2) is 43.4 Å². The molecule has 2 N–H and O–H groups in total. The van der Waals surface area contributed by atoms with Gasteiger partial charge in [0, 0.05) is 12.4 Å². The van der Waals surface area contributed by atoms with Gasteiger partial charge in [0.25, 0.3) is 0 Å². The summed E-state index contributed by atoms with van der Waals surface area (Å²) in [6.07, 6.45) is 9.78. The molecule has 0 aliphatic heterocycles. The van der Waals surface area contributed by atoms with E-state index in [1.54, 1.807) is 18.5 Å². The maximum absolute atomic E-state index is 5.52. The van der Waals surface area contributed by atoms with Crippen molar-refractivity contribution in [2.45, 2.75) is 19.8 Å². The predicted octanol–water partition coefficient (Wildman–Crippen LogP) is 2.93. The lowest BCUT2D eigenvalue weighted by Gasteiger charge is -2.14. The van der Waals surface area contributed by atoms with E-state index in [-0.39, 0.29) is 0 Å². The van der Waals surface area contributed by atoms with Crippen LogP contribution in [0.25, 0.3) is 0 Å². The first kappa shape index (κ1) is 11.3. The highest BCUT2D eigenvalue weighted by Gasteiger charge is 1.97. The molecule has 1 rings (SSSR count). The van der Waals surface area contributed by atoms with Gasteiger partial charge in [0.2, 0.25) is 0 Å². The van der Waals surface area contributed by atoms with Gasteiger partial charge in [0.15, 0.2) is 0 Å². The summed E-state index contributed by atoms with van der Waals surface area (Å²) in [6, 6.07) is 3.69. The first-order valence-corrected chi connectivity index (χ1v) is 5.07. The minimum Gasteiger partial charge on any atom is -0.384 e. The molecule has 1 aromatic heterocycles.